The van der Waals surface area contributed by atoms with Gasteiger partial charge in [-0.25, -0.2) is 0 Å². The summed E-state index contributed by atoms with van der Waals surface area (Å²) in [5.41, 5.74) is -0.0808. The smallest absolute Gasteiger partial charge is 0.323 e. The molecule has 0 amide bonds. The molecule has 0 aromatic carbocycles. The van der Waals surface area contributed by atoms with Gasteiger partial charge >= 0.3 is 11.9 Å². The summed E-state index contributed by atoms with van der Waals surface area (Å²) in [6.07, 6.45) is 6.38. The van der Waals surface area contributed by atoms with Gasteiger partial charge < -0.3 is 9.47 Å². The third-order valence-corrected chi connectivity index (χ3v) is 3.64. The molecule has 0 atom stereocenters. The van der Waals surface area contributed by atoms with Crippen molar-refractivity contribution in [3.8, 4) is 0 Å². The van der Waals surface area contributed by atoms with Crippen LogP contribution in [0.3, 0.4) is 0 Å². The second kappa shape index (κ2) is 6.55. The Labute approximate surface area is 114 Å². The van der Waals surface area contributed by atoms with Gasteiger partial charge in [-0.2, -0.15) is 0 Å². The molecule has 1 rings (SSSR count). The second-order valence-corrected chi connectivity index (χ2v) is 4.98. The van der Waals surface area contributed by atoms with Gasteiger partial charge in [-0.1, -0.05) is 17.7 Å². The molecule has 1 aliphatic carbocycles. The summed E-state index contributed by atoms with van der Waals surface area (Å²) in [6, 6.07) is 0. The molecule has 0 aliphatic heterocycles. The molecule has 4 nitrogen and oxygen atoms in total. The van der Waals surface area contributed by atoms with Crippen molar-refractivity contribution in [1.82, 2.24) is 0 Å². The first-order valence-electron chi connectivity index (χ1n) is 6.46. The van der Waals surface area contributed by atoms with Crippen molar-refractivity contribution in [2.45, 2.75) is 32.6 Å². The maximum atomic E-state index is 12.0. The summed E-state index contributed by atoms with van der Waals surface area (Å²) in [7, 11) is 2.56. The Kier molecular flexibility index (Phi) is 5.33. The van der Waals surface area contributed by atoms with Crippen LogP contribution in [0.25, 0.3) is 0 Å². The lowest BCUT2D eigenvalue weighted by Gasteiger charge is -2.26. The first-order valence-corrected chi connectivity index (χ1v) is 6.46. The summed E-state index contributed by atoms with van der Waals surface area (Å²) in [6.45, 7) is 5.65. The SMILES string of the molecule is C=CCC(C/C=C(\C)C1CC1)(C(=O)OC)C(=O)OC. The average molecular weight is 266 g/mol. The molecule has 0 bridgehead atoms. The number of hydrogen-bond acceptors (Lipinski definition) is 4. The Morgan fingerprint density at radius 1 is 1.21 bits per heavy atom. The Bertz CT molecular complexity index is 375. The highest BCUT2D eigenvalue weighted by atomic mass is 16.5. The Hall–Kier alpha value is -1.58. The van der Waals surface area contributed by atoms with E-state index < -0.39 is 17.4 Å². The van der Waals surface area contributed by atoms with E-state index in [1.165, 1.54) is 32.6 Å². The van der Waals surface area contributed by atoms with Crippen LogP contribution in [-0.2, 0) is 19.1 Å². The fourth-order valence-electron chi connectivity index (χ4n) is 2.18. The van der Waals surface area contributed by atoms with Gasteiger partial charge in [0.15, 0.2) is 5.41 Å². The van der Waals surface area contributed by atoms with Crippen LogP contribution < -0.4 is 0 Å². The van der Waals surface area contributed by atoms with Gasteiger partial charge in [-0.15, -0.1) is 6.58 Å². The standard InChI is InChI=1S/C15H22O4/c1-5-9-15(13(16)18-3,14(17)19-4)10-8-11(2)12-6-7-12/h5,8,12H,1,6-7,9-10H2,2-4H3/b11-8+. The molecular formula is C15H22O4. The number of carbonyl (C=O) groups excluding carboxylic acids is 2. The number of hydrogen-bond donors (Lipinski definition) is 0. The summed E-state index contributed by atoms with van der Waals surface area (Å²) in [4.78, 5) is 24.0. The van der Waals surface area contributed by atoms with Crippen LogP contribution in [0, 0.1) is 11.3 Å². The van der Waals surface area contributed by atoms with E-state index in [0.717, 1.165) is 0 Å². The van der Waals surface area contributed by atoms with Crippen LogP contribution in [0.2, 0.25) is 0 Å². The summed E-state index contributed by atoms with van der Waals surface area (Å²) in [5, 5.41) is 0. The Balaban J connectivity index is 2.99. The molecule has 106 valence electrons. The summed E-state index contributed by atoms with van der Waals surface area (Å²) >= 11 is 0. The van der Waals surface area contributed by atoms with Gasteiger partial charge in [0.2, 0.25) is 0 Å². The average Bonchev–Trinajstić information content (AvgIpc) is 3.25. The molecule has 4 heteroatoms. The molecule has 19 heavy (non-hydrogen) atoms. The second-order valence-electron chi connectivity index (χ2n) is 4.98. The van der Waals surface area contributed by atoms with Crippen LogP contribution in [0.5, 0.6) is 0 Å². The maximum absolute atomic E-state index is 12.0. The monoisotopic (exact) mass is 266 g/mol. The Morgan fingerprint density at radius 3 is 2.11 bits per heavy atom. The fourth-order valence-corrected chi connectivity index (χ4v) is 2.18. The van der Waals surface area contributed by atoms with E-state index in [-0.39, 0.29) is 6.42 Å². The Morgan fingerprint density at radius 2 is 1.74 bits per heavy atom. The molecule has 0 N–H and O–H groups in total. The predicted molar refractivity (Wildman–Crippen MR) is 72.4 cm³/mol. The molecule has 0 unspecified atom stereocenters. The zero-order valence-electron chi connectivity index (χ0n) is 11.9. The van der Waals surface area contributed by atoms with E-state index in [9.17, 15) is 9.59 Å². The fraction of sp³-hybridized carbons (Fsp3) is 0.600. The van der Waals surface area contributed by atoms with Gasteiger partial charge in [0.25, 0.3) is 0 Å². The summed E-state index contributed by atoms with van der Waals surface area (Å²) in [5.74, 6) is -0.532. The third-order valence-electron chi connectivity index (χ3n) is 3.64. The highest BCUT2D eigenvalue weighted by Gasteiger charge is 2.46. The van der Waals surface area contributed by atoms with Crippen molar-refractivity contribution < 1.29 is 19.1 Å². The molecule has 1 fully saturated rings. The van der Waals surface area contributed by atoms with Gasteiger partial charge in [-0.3, -0.25) is 9.59 Å². The predicted octanol–water partition coefficient (Wildman–Crippen LogP) is 2.64. The minimum atomic E-state index is -1.30. The van der Waals surface area contributed by atoms with Gasteiger partial charge in [0.1, 0.15) is 0 Å². The molecule has 0 aromatic rings. The molecule has 1 saturated carbocycles. The van der Waals surface area contributed by atoms with Crippen LogP contribution in [0.4, 0.5) is 0 Å². The first kappa shape index (κ1) is 15.5. The van der Waals surface area contributed by atoms with Crippen LogP contribution in [0.1, 0.15) is 32.6 Å². The number of allylic oxidation sites excluding steroid dienone is 3. The number of methoxy groups -OCH3 is 2. The summed E-state index contributed by atoms with van der Waals surface area (Å²) < 4.78 is 9.57. The lowest BCUT2D eigenvalue weighted by atomic mass is 9.80. The van der Waals surface area contributed by atoms with Crippen molar-refractivity contribution in [3.63, 3.8) is 0 Å². The zero-order valence-corrected chi connectivity index (χ0v) is 11.9. The maximum Gasteiger partial charge on any atom is 0.323 e. The highest BCUT2D eigenvalue weighted by Crippen LogP contribution is 2.38. The number of ether oxygens (including phenoxy) is 2. The first-order chi connectivity index (χ1) is 9.01. The molecule has 1 aliphatic rings. The van der Waals surface area contributed by atoms with Gasteiger partial charge in [-0.05, 0) is 38.5 Å². The van der Waals surface area contributed by atoms with E-state index in [4.69, 9.17) is 9.47 Å². The normalized spacial score (nSPS) is 15.8. The van der Waals surface area contributed by atoms with E-state index in [0.29, 0.717) is 12.3 Å². The van der Waals surface area contributed by atoms with E-state index >= 15 is 0 Å². The highest BCUT2D eigenvalue weighted by molar-refractivity contribution is 6.00. The number of esters is 2. The molecule has 0 aromatic heterocycles. The lowest BCUT2D eigenvalue weighted by Crippen LogP contribution is -2.40. The molecular weight excluding hydrogens is 244 g/mol. The minimum absolute atomic E-state index is 0.209. The number of carbonyl (C=O) groups is 2. The number of rotatable bonds is 7. The zero-order chi connectivity index (χ0) is 14.5. The lowest BCUT2D eigenvalue weighted by molar-refractivity contribution is -0.168. The van der Waals surface area contributed by atoms with Crippen molar-refractivity contribution in [2.24, 2.45) is 11.3 Å². The van der Waals surface area contributed by atoms with Crippen molar-refractivity contribution in [2.75, 3.05) is 14.2 Å². The van der Waals surface area contributed by atoms with Crippen molar-refractivity contribution >= 4 is 11.9 Å². The molecule has 0 radical (unpaired) electrons. The van der Waals surface area contributed by atoms with Crippen LogP contribution in [0.15, 0.2) is 24.3 Å². The third kappa shape index (κ3) is 3.46. The van der Waals surface area contributed by atoms with Gasteiger partial charge in [0.05, 0.1) is 14.2 Å². The molecule has 0 heterocycles. The van der Waals surface area contributed by atoms with Crippen molar-refractivity contribution in [1.29, 1.82) is 0 Å². The van der Waals surface area contributed by atoms with E-state index in [1.54, 1.807) is 6.08 Å². The van der Waals surface area contributed by atoms with Crippen molar-refractivity contribution in [3.05, 3.63) is 24.3 Å². The largest absolute Gasteiger partial charge is 0.468 e. The quantitative estimate of drug-likeness (QED) is 0.404. The van der Waals surface area contributed by atoms with E-state index in [1.807, 2.05) is 13.0 Å². The van der Waals surface area contributed by atoms with Crippen LogP contribution >= 0.6 is 0 Å². The molecule has 0 spiro atoms. The molecule has 0 saturated heterocycles. The van der Waals surface area contributed by atoms with E-state index in [2.05, 4.69) is 6.58 Å². The topological polar surface area (TPSA) is 52.6 Å². The van der Waals surface area contributed by atoms with Gasteiger partial charge in [0, 0.05) is 0 Å². The minimum Gasteiger partial charge on any atom is -0.468 e. The van der Waals surface area contributed by atoms with Crippen LogP contribution in [-0.4, -0.2) is 26.2 Å².